The predicted octanol–water partition coefficient (Wildman–Crippen LogP) is 5.95. The molecule has 5 aromatic rings. The van der Waals surface area contributed by atoms with E-state index in [4.69, 9.17) is 5.10 Å². The van der Waals surface area contributed by atoms with E-state index >= 15 is 0 Å². The van der Waals surface area contributed by atoms with Gasteiger partial charge >= 0.3 is 0 Å². The summed E-state index contributed by atoms with van der Waals surface area (Å²) < 4.78 is 15.3. The SMILES string of the molecule is Cc1nc2nc(-c3ccccc3)nn2c(Sc2ccccc2NC(=O)c2cccc(F)c2)c1C. The Labute approximate surface area is 199 Å². The number of anilines is 1. The minimum atomic E-state index is -0.457. The number of rotatable bonds is 5. The minimum absolute atomic E-state index is 0.252. The molecule has 0 saturated carbocycles. The number of hydrogen-bond acceptors (Lipinski definition) is 5. The molecule has 0 aliphatic heterocycles. The summed E-state index contributed by atoms with van der Waals surface area (Å²) in [5, 5.41) is 8.47. The third kappa shape index (κ3) is 4.27. The van der Waals surface area contributed by atoms with Gasteiger partial charge in [0.25, 0.3) is 11.7 Å². The average molecular weight is 470 g/mol. The van der Waals surface area contributed by atoms with Crippen molar-refractivity contribution in [2.45, 2.75) is 23.8 Å². The summed E-state index contributed by atoms with van der Waals surface area (Å²) in [5.41, 5.74) is 3.59. The van der Waals surface area contributed by atoms with E-state index in [1.165, 1.54) is 30.0 Å². The number of fused-ring (bicyclic) bond motifs is 1. The number of hydrogen-bond donors (Lipinski definition) is 1. The van der Waals surface area contributed by atoms with Gasteiger partial charge in [-0.1, -0.05) is 60.3 Å². The molecule has 3 aromatic carbocycles. The molecule has 0 unspecified atom stereocenters. The first-order valence-electron chi connectivity index (χ1n) is 10.6. The van der Waals surface area contributed by atoms with Crippen LogP contribution in [0, 0.1) is 19.7 Å². The summed E-state index contributed by atoms with van der Waals surface area (Å²) in [6.07, 6.45) is 0. The van der Waals surface area contributed by atoms with Crippen molar-refractivity contribution in [2.75, 3.05) is 5.32 Å². The Morgan fingerprint density at radius 3 is 2.50 bits per heavy atom. The number of nitrogens with zero attached hydrogens (tertiary/aromatic N) is 4. The lowest BCUT2D eigenvalue weighted by Crippen LogP contribution is -2.12. The Hall–Kier alpha value is -4.04. The first-order valence-corrected chi connectivity index (χ1v) is 11.4. The molecule has 1 amide bonds. The predicted molar refractivity (Wildman–Crippen MR) is 131 cm³/mol. The zero-order valence-corrected chi connectivity index (χ0v) is 19.3. The van der Waals surface area contributed by atoms with Crippen LogP contribution in [0.3, 0.4) is 0 Å². The molecule has 34 heavy (non-hydrogen) atoms. The normalized spacial score (nSPS) is 11.0. The number of aromatic nitrogens is 4. The highest BCUT2D eigenvalue weighted by Crippen LogP contribution is 2.36. The van der Waals surface area contributed by atoms with Gasteiger partial charge < -0.3 is 5.32 Å². The first kappa shape index (κ1) is 21.8. The van der Waals surface area contributed by atoms with Crippen LogP contribution < -0.4 is 5.32 Å². The van der Waals surface area contributed by atoms with Crippen LogP contribution in [-0.2, 0) is 0 Å². The van der Waals surface area contributed by atoms with E-state index in [2.05, 4.69) is 15.3 Å². The van der Waals surface area contributed by atoms with Crippen LogP contribution in [0.2, 0.25) is 0 Å². The fourth-order valence-corrected chi connectivity index (χ4v) is 4.57. The first-order chi connectivity index (χ1) is 16.5. The second kappa shape index (κ2) is 9.07. The van der Waals surface area contributed by atoms with Gasteiger partial charge in [-0.25, -0.2) is 9.37 Å². The fraction of sp³-hybridized carbons (Fsp3) is 0.0769. The summed E-state index contributed by atoms with van der Waals surface area (Å²) in [6, 6.07) is 22.8. The number of carbonyl (C=O) groups excluding carboxylic acids is 1. The van der Waals surface area contributed by atoms with Gasteiger partial charge in [0.15, 0.2) is 5.82 Å². The number of aryl methyl sites for hydroxylation is 1. The van der Waals surface area contributed by atoms with Gasteiger partial charge in [-0.05, 0) is 44.2 Å². The van der Waals surface area contributed by atoms with Gasteiger partial charge in [-0.3, -0.25) is 4.79 Å². The minimum Gasteiger partial charge on any atom is -0.321 e. The Morgan fingerprint density at radius 2 is 1.71 bits per heavy atom. The number of nitrogens with one attached hydrogen (secondary N) is 1. The molecule has 2 heterocycles. The molecule has 168 valence electrons. The lowest BCUT2D eigenvalue weighted by Gasteiger charge is -2.13. The molecule has 6 nitrogen and oxygen atoms in total. The number of amides is 1. The molecule has 0 spiro atoms. The molecule has 8 heteroatoms. The van der Waals surface area contributed by atoms with Crippen LogP contribution in [0.25, 0.3) is 17.2 Å². The highest BCUT2D eigenvalue weighted by Gasteiger charge is 2.18. The molecular weight excluding hydrogens is 449 g/mol. The van der Waals surface area contributed by atoms with E-state index in [1.54, 1.807) is 10.6 Å². The standard InChI is InChI=1S/C26H20FN5OS/c1-16-17(2)28-26-30-23(18-9-4-3-5-10-18)31-32(26)25(16)34-22-14-7-6-13-21(22)29-24(33)19-11-8-12-20(27)15-19/h3-15H,1-2H3,(H,29,33). The van der Waals surface area contributed by atoms with Crippen molar-refractivity contribution in [3.8, 4) is 11.4 Å². The average Bonchev–Trinajstić information content (AvgIpc) is 3.27. The summed E-state index contributed by atoms with van der Waals surface area (Å²) in [6.45, 7) is 3.93. The third-order valence-electron chi connectivity index (χ3n) is 5.37. The molecule has 0 atom stereocenters. The summed E-state index contributed by atoms with van der Waals surface area (Å²) >= 11 is 1.47. The molecule has 2 aromatic heterocycles. The quantitative estimate of drug-likeness (QED) is 0.322. The number of carbonyl (C=O) groups is 1. The molecule has 0 aliphatic rings. The van der Waals surface area contributed by atoms with Gasteiger partial charge in [0.2, 0.25) is 0 Å². The fourth-order valence-electron chi connectivity index (χ4n) is 3.48. The maximum Gasteiger partial charge on any atom is 0.255 e. The van der Waals surface area contributed by atoms with Gasteiger partial charge in [-0.2, -0.15) is 9.50 Å². The highest BCUT2D eigenvalue weighted by atomic mass is 32.2. The van der Waals surface area contributed by atoms with Crippen LogP contribution in [0.15, 0.2) is 88.8 Å². The van der Waals surface area contributed by atoms with Crippen LogP contribution >= 0.6 is 11.8 Å². The molecule has 0 aliphatic carbocycles. The van der Waals surface area contributed by atoms with Crippen molar-refractivity contribution in [2.24, 2.45) is 0 Å². The maximum absolute atomic E-state index is 13.6. The van der Waals surface area contributed by atoms with Crippen molar-refractivity contribution < 1.29 is 9.18 Å². The third-order valence-corrected chi connectivity index (χ3v) is 6.62. The summed E-state index contributed by atoms with van der Waals surface area (Å²) in [5.74, 6) is 0.256. The molecule has 0 saturated heterocycles. The maximum atomic E-state index is 13.6. The lowest BCUT2D eigenvalue weighted by atomic mass is 10.2. The smallest absolute Gasteiger partial charge is 0.255 e. The molecule has 0 radical (unpaired) electrons. The Morgan fingerprint density at radius 1 is 0.941 bits per heavy atom. The Bertz CT molecular complexity index is 1520. The number of benzene rings is 3. The molecular formula is C26H20FN5OS. The molecule has 0 fully saturated rings. The van der Waals surface area contributed by atoms with Crippen molar-refractivity contribution in [1.82, 2.24) is 19.6 Å². The largest absolute Gasteiger partial charge is 0.321 e. The second-order valence-electron chi connectivity index (χ2n) is 7.70. The van der Waals surface area contributed by atoms with Gasteiger partial charge in [0.05, 0.1) is 5.69 Å². The molecule has 0 bridgehead atoms. The van der Waals surface area contributed by atoms with Crippen molar-refractivity contribution in [3.63, 3.8) is 0 Å². The Kier molecular flexibility index (Phi) is 5.81. The van der Waals surface area contributed by atoms with E-state index < -0.39 is 5.82 Å². The van der Waals surface area contributed by atoms with Crippen molar-refractivity contribution >= 4 is 29.1 Å². The van der Waals surface area contributed by atoms with E-state index in [9.17, 15) is 9.18 Å². The van der Waals surface area contributed by atoms with Crippen LogP contribution in [-0.4, -0.2) is 25.5 Å². The molecule has 1 N–H and O–H groups in total. The lowest BCUT2D eigenvalue weighted by molar-refractivity contribution is 0.102. The zero-order chi connectivity index (χ0) is 23.7. The summed E-state index contributed by atoms with van der Waals surface area (Å²) in [4.78, 5) is 22.8. The van der Waals surface area contributed by atoms with Gasteiger partial charge in [0, 0.05) is 27.3 Å². The zero-order valence-electron chi connectivity index (χ0n) is 18.5. The van der Waals surface area contributed by atoms with Crippen molar-refractivity contribution in [3.05, 3.63) is 102 Å². The number of para-hydroxylation sites is 1. The Balaban J connectivity index is 1.53. The van der Waals surface area contributed by atoms with Crippen LogP contribution in [0.1, 0.15) is 21.6 Å². The van der Waals surface area contributed by atoms with E-state index in [-0.39, 0.29) is 11.5 Å². The topological polar surface area (TPSA) is 72.2 Å². The van der Waals surface area contributed by atoms with Crippen molar-refractivity contribution in [1.29, 1.82) is 0 Å². The monoisotopic (exact) mass is 469 g/mol. The number of halogens is 1. The van der Waals surface area contributed by atoms with Crippen LogP contribution in [0.5, 0.6) is 0 Å². The second-order valence-corrected chi connectivity index (χ2v) is 8.73. The highest BCUT2D eigenvalue weighted by molar-refractivity contribution is 7.99. The van der Waals surface area contributed by atoms with Gasteiger partial charge in [-0.15, -0.1) is 5.10 Å². The van der Waals surface area contributed by atoms with E-state index in [0.29, 0.717) is 17.3 Å². The van der Waals surface area contributed by atoms with Crippen LogP contribution in [0.4, 0.5) is 10.1 Å². The summed E-state index contributed by atoms with van der Waals surface area (Å²) in [7, 11) is 0. The van der Waals surface area contributed by atoms with E-state index in [0.717, 1.165) is 26.7 Å². The van der Waals surface area contributed by atoms with Gasteiger partial charge in [0.1, 0.15) is 10.8 Å². The van der Waals surface area contributed by atoms with E-state index in [1.807, 2.05) is 68.4 Å². The molecule has 5 rings (SSSR count).